The third-order valence-electron chi connectivity index (χ3n) is 9.14. The van der Waals surface area contributed by atoms with E-state index in [9.17, 15) is 0 Å². The summed E-state index contributed by atoms with van der Waals surface area (Å²) in [6.07, 6.45) is 9.17. The molecule has 2 aliphatic rings. The molecule has 0 amide bonds. The van der Waals surface area contributed by atoms with Crippen LogP contribution in [0.25, 0.3) is 0 Å². The second kappa shape index (κ2) is 13.5. The Labute approximate surface area is 228 Å². The molecule has 0 saturated heterocycles. The molecule has 0 bridgehead atoms. The van der Waals surface area contributed by atoms with Crippen LogP contribution in [0.2, 0.25) is 0 Å². The van der Waals surface area contributed by atoms with Gasteiger partial charge in [0.25, 0.3) is 0 Å². The fourth-order valence-corrected chi connectivity index (χ4v) is 5.65. The molecule has 5 heteroatoms. The lowest BCUT2D eigenvalue weighted by Crippen LogP contribution is -2.45. The number of allylic oxidation sites excluding steroid dienone is 1. The van der Waals surface area contributed by atoms with E-state index in [4.69, 9.17) is 21.2 Å². The van der Waals surface area contributed by atoms with E-state index in [1.165, 1.54) is 53.9 Å². The second-order valence-electron chi connectivity index (χ2n) is 12.3. The minimum atomic E-state index is -0.0717. The van der Waals surface area contributed by atoms with Crippen LogP contribution in [0, 0.1) is 24.2 Å². The van der Waals surface area contributed by atoms with Gasteiger partial charge in [-0.1, -0.05) is 53.5 Å². The molecule has 2 aliphatic carbocycles. The van der Waals surface area contributed by atoms with Gasteiger partial charge in [0.05, 0.1) is 17.9 Å². The maximum absolute atomic E-state index is 6.70. The Morgan fingerprint density at radius 3 is 2.30 bits per heavy atom. The molecule has 0 radical (unpaired) electrons. The molecule has 2 unspecified atom stereocenters. The molecule has 4 N–H and O–H groups in total. The van der Waals surface area contributed by atoms with Gasteiger partial charge in [0.15, 0.2) is 0 Å². The molecule has 1 aromatic rings. The number of rotatable bonds is 11. The highest BCUT2D eigenvalue weighted by Crippen LogP contribution is 2.42. The van der Waals surface area contributed by atoms with Crippen molar-refractivity contribution < 1.29 is 4.74 Å². The van der Waals surface area contributed by atoms with Crippen molar-refractivity contribution >= 4 is 11.5 Å². The zero-order chi connectivity index (χ0) is 28.0. The summed E-state index contributed by atoms with van der Waals surface area (Å²) in [7, 11) is 0. The lowest BCUT2D eigenvalue weighted by atomic mass is 9.74. The highest BCUT2D eigenvalue weighted by atomic mass is 16.5. The van der Waals surface area contributed by atoms with Crippen LogP contribution in [0.5, 0.6) is 0 Å². The average Bonchev–Trinajstić information content (AvgIpc) is 2.83. The van der Waals surface area contributed by atoms with E-state index in [2.05, 4.69) is 60.3 Å². The molecule has 1 aromatic heterocycles. The zero-order valence-electron chi connectivity index (χ0n) is 25.9. The average molecular weight is 515 g/mol. The van der Waals surface area contributed by atoms with E-state index < -0.39 is 0 Å². The van der Waals surface area contributed by atoms with Gasteiger partial charge in [0, 0.05) is 35.5 Å². The molecule has 0 spiro atoms. The Bertz CT molecular complexity index is 918. The first-order valence-corrected chi connectivity index (χ1v) is 15.0. The normalized spacial score (nSPS) is 20.1. The number of hydrogen-bond acceptors (Lipinski definition) is 5. The second-order valence-corrected chi connectivity index (χ2v) is 12.3. The SMILES string of the molecule is CC.CC/C(C)=C(\CN)N(CC(C)(CC)COC(C)(C)C1CCC1)c1c(C)c(N)nc2c1CCC(C)C2. The summed E-state index contributed by atoms with van der Waals surface area (Å²) in [5.74, 6) is 1.98. The number of ether oxygens (including phenoxy) is 1. The van der Waals surface area contributed by atoms with E-state index in [-0.39, 0.29) is 11.0 Å². The number of nitrogen functional groups attached to an aromatic ring is 1. The fourth-order valence-electron chi connectivity index (χ4n) is 5.65. The van der Waals surface area contributed by atoms with Crippen LogP contribution in [0.4, 0.5) is 11.5 Å². The summed E-state index contributed by atoms with van der Waals surface area (Å²) in [6, 6.07) is 0. The van der Waals surface area contributed by atoms with Crippen molar-refractivity contribution in [3.63, 3.8) is 0 Å². The Morgan fingerprint density at radius 2 is 1.78 bits per heavy atom. The topological polar surface area (TPSA) is 77.4 Å². The van der Waals surface area contributed by atoms with E-state index in [1.807, 2.05) is 13.8 Å². The summed E-state index contributed by atoms with van der Waals surface area (Å²) < 4.78 is 6.70. The van der Waals surface area contributed by atoms with Gasteiger partial charge in [-0.2, -0.15) is 0 Å². The highest BCUT2D eigenvalue weighted by Gasteiger charge is 2.38. The molecule has 1 saturated carbocycles. The molecule has 37 heavy (non-hydrogen) atoms. The molecule has 2 atom stereocenters. The number of nitrogens with two attached hydrogens (primary N) is 2. The quantitative estimate of drug-likeness (QED) is 0.318. The Balaban J connectivity index is 0.00000235. The van der Waals surface area contributed by atoms with Crippen molar-refractivity contribution in [3.05, 3.63) is 28.1 Å². The predicted octanol–water partition coefficient (Wildman–Crippen LogP) is 7.58. The van der Waals surface area contributed by atoms with Crippen LogP contribution in [-0.2, 0) is 17.6 Å². The van der Waals surface area contributed by atoms with Crippen LogP contribution in [0.1, 0.15) is 118 Å². The Morgan fingerprint density at radius 1 is 1.14 bits per heavy atom. The summed E-state index contributed by atoms with van der Waals surface area (Å²) >= 11 is 0. The minimum Gasteiger partial charge on any atom is -0.383 e. The van der Waals surface area contributed by atoms with Crippen molar-refractivity contribution in [3.8, 4) is 0 Å². The third kappa shape index (κ3) is 7.29. The van der Waals surface area contributed by atoms with E-state index >= 15 is 0 Å². The van der Waals surface area contributed by atoms with Crippen molar-refractivity contribution in [2.24, 2.45) is 23.0 Å². The van der Waals surface area contributed by atoms with Crippen LogP contribution in [0.3, 0.4) is 0 Å². The number of hydrogen-bond donors (Lipinski definition) is 2. The molecule has 3 rings (SSSR count). The van der Waals surface area contributed by atoms with Crippen molar-refractivity contribution in [1.29, 1.82) is 0 Å². The maximum Gasteiger partial charge on any atom is 0.128 e. The maximum atomic E-state index is 6.70. The molecular formula is C32H58N4O. The fraction of sp³-hybridized carbons (Fsp3) is 0.781. The van der Waals surface area contributed by atoms with Gasteiger partial charge in [0.2, 0.25) is 0 Å². The first-order chi connectivity index (χ1) is 17.5. The van der Waals surface area contributed by atoms with Crippen LogP contribution in [0.15, 0.2) is 11.3 Å². The molecule has 1 fully saturated rings. The minimum absolute atomic E-state index is 0.0191. The van der Waals surface area contributed by atoms with Crippen molar-refractivity contribution in [1.82, 2.24) is 4.98 Å². The summed E-state index contributed by atoms with van der Waals surface area (Å²) in [5, 5.41) is 0. The standard InChI is InChI=1S/C30H52N4O.C2H6/c1-9-21(4)26(17-31)34(18-30(8,10-2)19-35-29(6,7)23-12-11-13-23)27-22(5)28(32)33-25-16-20(3)14-15-24(25)27;1-2/h20,23H,9-19,31H2,1-8H3,(H2,32,33);1-2H3/b26-21+;. The zero-order valence-corrected chi connectivity index (χ0v) is 25.9. The number of fused-ring (bicyclic) bond motifs is 1. The lowest BCUT2D eigenvalue weighted by Gasteiger charge is -2.44. The summed E-state index contributed by atoms with van der Waals surface area (Å²) in [6.45, 7) is 24.2. The molecule has 1 heterocycles. The third-order valence-corrected chi connectivity index (χ3v) is 9.14. The predicted molar refractivity (Wildman–Crippen MR) is 161 cm³/mol. The van der Waals surface area contributed by atoms with Gasteiger partial charge in [-0.3, -0.25) is 0 Å². The molecule has 0 aromatic carbocycles. The van der Waals surface area contributed by atoms with Gasteiger partial charge in [0.1, 0.15) is 5.82 Å². The first-order valence-electron chi connectivity index (χ1n) is 15.0. The molecular weight excluding hydrogens is 456 g/mol. The first kappa shape index (κ1) is 31.6. The van der Waals surface area contributed by atoms with Crippen LogP contribution >= 0.6 is 0 Å². The van der Waals surface area contributed by atoms with Crippen LogP contribution < -0.4 is 16.4 Å². The van der Waals surface area contributed by atoms with Gasteiger partial charge in [-0.15, -0.1) is 0 Å². The summed E-state index contributed by atoms with van der Waals surface area (Å²) in [4.78, 5) is 7.37. The largest absolute Gasteiger partial charge is 0.383 e. The highest BCUT2D eigenvalue weighted by molar-refractivity contribution is 5.70. The van der Waals surface area contributed by atoms with Gasteiger partial charge >= 0.3 is 0 Å². The van der Waals surface area contributed by atoms with E-state index in [0.29, 0.717) is 24.2 Å². The van der Waals surface area contributed by atoms with Crippen molar-refractivity contribution in [2.75, 3.05) is 30.3 Å². The lowest BCUT2D eigenvalue weighted by molar-refractivity contribution is -0.109. The van der Waals surface area contributed by atoms with Gasteiger partial charge < -0.3 is 21.1 Å². The molecule has 212 valence electrons. The number of anilines is 2. The molecule has 0 aliphatic heterocycles. The van der Waals surface area contributed by atoms with E-state index in [1.54, 1.807) is 0 Å². The Hall–Kier alpha value is -1.59. The summed E-state index contributed by atoms with van der Waals surface area (Å²) in [5.41, 5.74) is 20.4. The molecule has 5 nitrogen and oxygen atoms in total. The smallest absolute Gasteiger partial charge is 0.128 e. The van der Waals surface area contributed by atoms with Gasteiger partial charge in [-0.25, -0.2) is 4.98 Å². The monoisotopic (exact) mass is 514 g/mol. The number of nitrogens with zero attached hydrogens (tertiary/aromatic N) is 2. The van der Waals surface area contributed by atoms with Crippen LogP contribution in [-0.4, -0.2) is 30.3 Å². The number of pyridine rings is 1. The Kier molecular flexibility index (Phi) is 11.5. The number of aromatic nitrogens is 1. The van der Waals surface area contributed by atoms with Gasteiger partial charge in [-0.05, 0) is 90.0 Å². The van der Waals surface area contributed by atoms with E-state index in [0.717, 1.165) is 44.4 Å². The van der Waals surface area contributed by atoms with Crippen molar-refractivity contribution in [2.45, 2.75) is 126 Å².